The van der Waals surface area contributed by atoms with Crippen LogP contribution in [0.4, 0.5) is 5.69 Å². The molecule has 106 valence electrons. The molecule has 0 fully saturated rings. The first kappa shape index (κ1) is 16.6. The molecule has 0 spiro atoms. The minimum absolute atomic E-state index is 0. The monoisotopic (exact) mass is 306 g/mol. The number of nitrogens with two attached hydrogens (primary N) is 1. The first-order chi connectivity index (χ1) is 9.15. The van der Waals surface area contributed by atoms with Gasteiger partial charge in [-0.15, -0.1) is 12.4 Å². The van der Waals surface area contributed by atoms with E-state index in [4.69, 9.17) is 5.73 Å². The van der Waals surface area contributed by atoms with Crippen molar-refractivity contribution in [2.75, 3.05) is 0 Å². The molecule has 0 saturated carbocycles. The predicted molar refractivity (Wildman–Crippen MR) is 92.2 cm³/mol. The Morgan fingerprint density at radius 3 is 2.40 bits per heavy atom. The summed E-state index contributed by atoms with van der Waals surface area (Å²) in [7, 11) is 0. The second-order valence-corrected chi connectivity index (χ2v) is 5.49. The lowest BCUT2D eigenvalue weighted by molar-refractivity contribution is 1.29. The van der Waals surface area contributed by atoms with Crippen LogP contribution in [0.3, 0.4) is 0 Å². The molecule has 0 amide bonds. The summed E-state index contributed by atoms with van der Waals surface area (Å²) in [5.74, 6) is 0.850. The van der Waals surface area contributed by atoms with Crippen molar-refractivity contribution in [1.82, 2.24) is 0 Å². The summed E-state index contributed by atoms with van der Waals surface area (Å²) >= 11 is 1.57. The molecule has 2 aromatic rings. The van der Waals surface area contributed by atoms with Crippen LogP contribution < -0.4 is 5.73 Å². The van der Waals surface area contributed by atoms with Crippen LogP contribution in [0.2, 0.25) is 0 Å². The van der Waals surface area contributed by atoms with E-state index in [9.17, 15) is 0 Å². The van der Waals surface area contributed by atoms with Gasteiger partial charge in [-0.05, 0) is 42.7 Å². The average Bonchev–Trinajstić information content (AvgIpc) is 2.41. The normalized spacial score (nSPS) is 11.0. The van der Waals surface area contributed by atoms with Gasteiger partial charge in [0.25, 0.3) is 0 Å². The van der Waals surface area contributed by atoms with E-state index < -0.39 is 0 Å². The van der Waals surface area contributed by atoms with E-state index in [2.05, 4.69) is 37.0 Å². The van der Waals surface area contributed by atoms with Crippen molar-refractivity contribution in [3.63, 3.8) is 0 Å². The van der Waals surface area contributed by atoms with Crippen LogP contribution in [0.5, 0.6) is 0 Å². The van der Waals surface area contributed by atoms with Gasteiger partial charge in [0.1, 0.15) is 0 Å². The fraction of sp³-hybridized carbons (Fsp3) is 0.188. The highest BCUT2D eigenvalue weighted by atomic mass is 35.5. The molecule has 0 aliphatic carbocycles. The summed E-state index contributed by atoms with van der Waals surface area (Å²) < 4.78 is 0. The van der Waals surface area contributed by atoms with Gasteiger partial charge in [0.05, 0.1) is 5.69 Å². The van der Waals surface area contributed by atoms with Crippen molar-refractivity contribution in [3.8, 4) is 0 Å². The van der Waals surface area contributed by atoms with Crippen molar-refractivity contribution < 1.29 is 0 Å². The Labute approximate surface area is 130 Å². The Hall–Kier alpha value is -1.45. The molecule has 0 unspecified atom stereocenters. The van der Waals surface area contributed by atoms with Crippen molar-refractivity contribution in [1.29, 1.82) is 0 Å². The van der Waals surface area contributed by atoms with E-state index in [1.807, 2.05) is 30.3 Å². The molecule has 0 bridgehead atoms. The van der Waals surface area contributed by atoms with Crippen LogP contribution in [-0.4, -0.2) is 5.17 Å². The minimum atomic E-state index is 0. The van der Waals surface area contributed by atoms with E-state index in [1.165, 1.54) is 16.7 Å². The maximum atomic E-state index is 5.93. The number of aliphatic imine (C=N–C) groups is 1. The van der Waals surface area contributed by atoms with Crippen LogP contribution >= 0.6 is 24.2 Å². The smallest absolute Gasteiger partial charge is 0.159 e. The Balaban J connectivity index is 0.00000200. The number of halogens is 1. The fourth-order valence-corrected chi connectivity index (χ4v) is 2.38. The molecular weight excluding hydrogens is 288 g/mol. The lowest BCUT2D eigenvalue weighted by atomic mass is 10.1. The second-order valence-electron chi connectivity index (χ2n) is 4.49. The van der Waals surface area contributed by atoms with Gasteiger partial charge in [0.2, 0.25) is 0 Å². The van der Waals surface area contributed by atoms with E-state index in [0.29, 0.717) is 5.17 Å². The molecule has 2 nitrogen and oxygen atoms in total. The number of para-hydroxylation sites is 1. The van der Waals surface area contributed by atoms with Crippen LogP contribution in [0.1, 0.15) is 16.7 Å². The third-order valence-electron chi connectivity index (χ3n) is 2.95. The van der Waals surface area contributed by atoms with E-state index in [-0.39, 0.29) is 12.4 Å². The van der Waals surface area contributed by atoms with Crippen LogP contribution in [0, 0.1) is 13.8 Å². The molecule has 0 aliphatic rings. The summed E-state index contributed by atoms with van der Waals surface area (Å²) in [6, 6.07) is 16.3. The molecule has 4 heteroatoms. The zero-order chi connectivity index (χ0) is 13.7. The van der Waals surface area contributed by atoms with Gasteiger partial charge in [0.15, 0.2) is 5.17 Å². The molecule has 2 aromatic carbocycles. The minimum Gasteiger partial charge on any atom is -0.378 e. The number of rotatable bonds is 3. The second kappa shape index (κ2) is 7.98. The lowest BCUT2D eigenvalue weighted by Gasteiger charge is -2.05. The highest BCUT2D eigenvalue weighted by Crippen LogP contribution is 2.18. The Kier molecular flexibility index (Phi) is 6.62. The SMILES string of the molecule is Cc1ccc(CSC(N)=Nc2ccccc2)cc1C.Cl. The lowest BCUT2D eigenvalue weighted by Crippen LogP contribution is -2.06. The largest absolute Gasteiger partial charge is 0.378 e. The topological polar surface area (TPSA) is 38.4 Å². The van der Waals surface area contributed by atoms with E-state index in [0.717, 1.165) is 11.4 Å². The highest BCUT2D eigenvalue weighted by molar-refractivity contribution is 8.13. The zero-order valence-corrected chi connectivity index (χ0v) is 13.3. The standard InChI is InChI=1S/C16H18N2S.ClH/c1-12-8-9-14(10-13(12)2)11-19-16(17)18-15-6-4-3-5-7-15;/h3-10H,11H2,1-2H3,(H2,17,18);1H. The maximum Gasteiger partial charge on any atom is 0.159 e. The number of amidine groups is 1. The average molecular weight is 307 g/mol. The Morgan fingerprint density at radius 2 is 1.75 bits per heavy atom. The summed E-state index contributed by atoms with van der Waals surface area (Å²) in [4.78, 5) is 4.37. The number of hydrogen-bond acceptors (Lipinski definition) is 2. The van der Waals surface area contributed by atoms with Gasteiger partial charge < -0.3 is 5.73 Å². The van der Waals surface area contributed by atoms with E-state index in [1.54, 1.807) is 11.8 Å². The van der Waals surface area contributed by atoms with Gasteiger partial charge in [-0.2, -0.15) is 0 Å². The maximum absolute atomic E-state index is 5.93. The molecule has 2 rings (SSSR count). The predicted octanol–water partition coefficient (Wildman–Crippen LogP) is 4.60. The number of benzene rings is 2. The van der Waals surface area contributed by atoms with Crippen molar-refractivity contribution in [3.05, 3.63) is 65.2 Å². The first-order valence-corrected chi connectivity index (χ1v) is 7.22. The number of aryl methyl sites for hydroxylation is 2. The van der Waals surface area contributed by atoms with Crippen molar-refractivity contribution >= 4 is 35.0 Å². The van der Waals surface area contributed by atoms with Crippen LogP contribution in [0.15, 0.2) is 53.5 Å². The Morgan fingerprint density at radius 1 is 1.05 bits per heavy atom. The molecule has 0 atom stereocenters. The van der Waals surface area contributed by atoms with Crippen LogP contribution in [-0.2, 0) is 5.75 Å². The summed E-state index contributed by atoms with van der Waals surface area (Å²) in [6.45, 7) is 4.25. The zero-order valence-electron chi connectivity index (χ0n) is 11.7. The summed E-state index contributed by atoms with van der Waals surface area (Å²) in [5, 5.41) is 0.601. The van der Waals surface area contributed by atoms with Crippen LogP contribution in [0.25, 0.3) is 0 Å². The molecule has 0 heterocycles. The molecule has 0 aliphatic heterocycles. The molecule has 0 aromatic heterocycles. The van der Waals surface area contributed by atoms with Crippen molar-refractivity contribution in [2.24, 2.45) is 10.7 Å². The summed E-state index contributed by atoms with van der Waals surface area (Å²) in [6.07, 6.45) is 0. The highest BCUT2D eigenvalue weighted by Gasteiger charge is 1.99. The quantitative estimate of drug-likeness (QED) is 0.664. The summed E-state index contributed by atoms with van der Waals surface area (Å²) in [5.41, 5.74) is 10.7. The van der Waals surface area contributed by atoms with Gasteiger partial charge in [0, 0.05) is 5.75 Å². The Bertz CT molecular complexity index is 582. The number of nitrogens with zero attached hydrogens (tertiary/aromatic N) is 1. The molecule has 0 radical (unpaired) electrons. The molecule has 0 saturated heterocycles. The molecule has 2 N–H and O–H groups in total. The van der Waals surface area contributed by atoms with Crippen molar-refractivity contribution in [2.45, 2.75) is 19.6 Å². The fourth-order valence-electron chi connectivity index (χ4n) is 1.71. The molecular formula is C16H19ClN2S. The molecule has 20 heavy (non-hydrogen) atoms. The third-order valence-corrected chi connectivity index (χ3v) is 3.82. The van der Waals surface area contributed by atoms with Gasteiger partial charge in [-0.25, -0.2) is 4.99 Å². The van der Waals surface area contributed by atoms with Gasteiger partial charge in [-0.3, -0.25) is 0 Å². The van der Waals surface area contributed by atoms with E-state index >= 15 is 0 Å². The third kappa shape index (κ3) is 4.91. The number of hydrogen-bond donors (Lipinski definition) is 1. The van der Waals surface area contributed by atoms with Gasteiger partial charge in [-0.1, -0.05) is 48.2 Å². The first-order valence-electron chi connectivity index (χ1n) is 6.23. The van der Waals surface area contributed by atoms with Gasteiger partial charge >= 0.3 is 0 Å². The number of thioether (sulfide) groups is 1.